The summed E-state index contributed by atoms with van der Waals surface area (Å²) < 4.78 is 45.5. The third-order valence-corrected chi connectivity index (χ3v) is 31.6. The Balaban J connectivity index is 0.732. The zero-order valence-electron chi connectivity index (χ0n) is 86.1. The number of phenols is 2. The summed E-state index contributed by atoms with van der Waals surface area (Å²) in [6.45, 7) is 25.6. The van der Waals surface area contributed by atoms with Crippen molar-refractivity contribution >= 4 is 134 Å². The summed E-state index contributed by atoms with van der Waals surface area (Å²) in [5.74, 6) is -9.69. The number of benzene rings is 2. The van der Waals surface area contributed by atoms with Crippen molar-refractivity contribution in [1.82, 2.24) is 50.8 Å². The number of carboxylic acids is 2. The van der Waals surface area contributed by atoms with Gasteiger partial charge in [0.05, 0.1) is 115 Å². The van der Waals surface area contributed by atoms with Crippen LogP contribution in [-0.4, -0.2) is 318 Å². The lowest BCUT2D eigenvalue weighted by atomic mass is 9.83. The number of Topliss-reactive ketones (excluding diaryl/α,β-unsaturated/α-hetero) is 3. The summed E-state index contributed by atoms with van der Waals surface area (Å²) in [5.41, 5.74) is 1.59. The molecule has 3 saturated heterocycles. The minimum absolute atomic E-state index is 0.000890. The van der Waals surface area contributed by atoms with E-state index in [9.17, 15) is 87.5 Å². The fourth-order valence-electron chi connectivity index (χ4n) is 17.9. The predicted molar refractivity (Wildman–Crippen MR) is 545 cm³/mol. The van der Waals surface area contributed by atoms with Crippen LogP contribution in [-0.2, 0) is 115 Å². The fraction of sp³-hybridized carbons (Fsp3) is 0.686. The summed E-state index contributed by atoms with van der Waals surface area (Å²) in [6, 6.07) is 6.33. The highest BCUT2D eigenvalue weighted by Crippen LogP contribution is 2.40. The van der Waals surface area contributed by atoms with Gasteiger partial charge in [0.15, 0.2) is 23.8 Å². The number of nitrogens with one attached hydrogen (secondary N) is 5. The number of carboxylic acid groups (broad SMARTS) is 2. The Morgan fingerprint density at radius 3 is 1.29 bits per heavy atom. The van der Waals surface area contributed by atoms with Crippen LogP contribution in [0.1, 0.15) is 246 Å². The summed E-state index contributed by atoms with van der Waals surface area (Å²) in [4.78, 5) is 204. The second-order valence-corrected chi connectivity index (χ2v) is 42.9. The number of aromatic hydroxyl groups is 2. The quantitative estimate of drug-likeness (QED) is 0.0113. The number of anilines is 1. The molecule has 7 rings (SSSR count). The monoisotopic (exact) mass is 2080 g/mol. The summed E-state index contributed by atoms with van der Waals surface area (Å²) in [7, 11) is 7.34. The van der Waals surface area contributed by atoms with Crippen LogP contribution in [0.2, 0.25) is 0 Å². The SMILES string of the molecule is CC[C@H](C)[C@H](CC(=O)[C@H]1CCCCN1C)C(=O)N(C)[C@H](C[C@@H](OC(C)=O)c1nc(C(=O)N[C@@H](Cc2ccc(O)c(CC(=O)CCOCCOCCOCCNC(=O)C3SCSC3C(=O)NCCOCCOCCOCCC(=O)Nc3cc(C[C@@H](CC(C)C(=O)O)NC(=O)c4csc([C@@H](C[C@H](C(C)C)N(C)C(=O)[C@@H](CC(=O)[C@H]5CCCCN5C)[C@@H](C)CC)OC(C)=O)n4)ccc3O)c2)CC(C)C(=O)O)cs1)C(C)C. The highest BCUT2D eigenvalue weighted by atomic mass is 32.2. The number of hydrogen-bond donors (Lipinski definition) is 9. The molecule has 798 valence electrons. The van der Waals surface area contributed by atoms with Crippen LogP contribution in [0.5, 0.6) is 11.5 Å². The van der Waals surface area contributed by atoms with Crippen molar-refractivity contribution < 1.29 is 125 Å². The van der Waals surface area contributed by atoms with E-state index < -0.39 is 112 Å². The molecule has 2 aromatic heterocycles. The minimum Gasteiger partial charge on any atom is -0.508 e. The number of phenolic OH excluding ortho intramolecular Hbond substituents is 2. The standard InChI is InChI=1S/C102H155N11O26S4/c1-17-63(7)75(54-86(119)80-23-19-21-33-110(80)13)99(126)112(15)82(61(3)4)56-88(138-67(11)114)97-108-78(58-140-97)93(122)105-72(47-65(9)101(128)129)50-69-25-27-84(117)71(49-69)53-74(116)29-35-132-39-43-136-45-41-134-37-31-103-95(124)91-92(143-60-142-91)96(125)104-32-38-135-42-46-137-44-40-133-36-30-90(121)107-77-52-70(26-28-85(77)118)51-73(48-66(10)102(130)131)106-94(123)79-59-141-98(109-79)89(139-68(12)115)57-83(62(5)6)113(16)100(127)76(64(8)18-2)55-87(120)81-24-20-22-34-111(81)14/h25-28,49,52,58-59,61-66,72-73,75-76,80-83,88-89,91-92,117-118H,17-24,29-48,50-51,53-57,60H2,1-16H3,(H,103,124)(H,104,125)(H,105,122)(H,106,123)(H,107,121)(H,128,129)(H,130,131)/t63-,64-,65?,66?,72+,73+,75-,76-,80+,81+,82+,83+,88+,89+,91?,92?/m0/s1. The summed E-state index contributed by atoms with van der Waals surface area (Å²) >= 11 is 4.95. The van der Waals surface area contributed by atoms with Gasteiger partial charge < -0.3 is 94.7 Å². The molecule has 37 nitrogen and oxygen atoms in total. The fourth-order valence-corrected chi connectivity index (χ4v) is 22.6. The van der Waals surface area contributed by atoms with Crippen LogP contribution >= 0.6 is 46.2 Å². The number of aromatic nitrogens is 2. The minimum atomic E-state index is -1.09. The number of nitrogens with zero attached hydrogens (tertiary/aromatic N) is 6. The second-order valence-electron chi connectivity index (χ2n) is 38.5. The van der Waals surface area contributed by atoms with Crippen LogP contribution in [0.15, 0.2) is 47.2 Å². The van der Waals surface area contributed by atoms with Gasteiger partial charge in [-0.1, -0.05) is 113 Å². The largest absolute Gasteiger partial charge is 0.508 e. The van der Waals surface area contributed by atoms with Gasteiger partial charge >= 0.3 is 23.9 Å². The number of amides is 7. The van der Waals surface area contributed by atoms with Gasteiger partial charge in [0.25, 0.3) is 11.8 Å². The number of hydrogen-bond acceptors (Lipinski definition) is 32. The molecule has 3 fully saturated rings. The van der Waals surface area contributed by atoms with Crippen molar-refractivity contribution in [3.63, 3.8) is 0 Å². The number of likely N-dealkylation sites (N-methyl/N-ethyl adjacent to an activating group) is 2. The topological polar surface area (TPSA) is 493 Å². The molecule has 143 heavy (non-hydrogen) atoms. The van der Waals surface area contributed by atoms with Gasteiger partial charge in [0, 0.05) is 137 Å². The maximum Gasteiger partial charge on any atom is 0.306 e. The molecule has 0 aliphatic carbocycles. The molecule has 9 N–H and O–H groups in total. The molecule has 5 heterocycles. The number of rotatable bonds is 67. The second kappa shape index (κ2) is 62.8. The molecule has 3 aliphatic rings. The number of thiazole rings is 2. The van der Waals surface area contributed by atoms with Crippen LogP contribution in [0.4, 0.5) is 5.69 Å². The first-order valence-electron chi connectivity index (χ1n) is 50.1. The molecule has 4 aromatic rings. The molecule has 0 spiro atoms. The Labute approximate surface area is 857 Å². The van der Waals surface area contributed by atoms with E-state index in [0.29, 0.717) is 44.6 Å². The van der Waals surface area contributed by atoms with Crippen molar-refractivity contribution in [1.29, 1.82) is 0 Å². The Kier molecular flexibility index (Phi) is 53.0. The highest BCUT2D eigenvalue weighted by molar-refractivity contribution is 8.20. The van der Waals surface area contributed by atoms with Gasteiger partial charge in [0.2, 0.25) is 29.5 Å². The zero-order valence-corrected chi connectivity index (χ0v) is 89.3. The van der Waals surface area contributed by atoms with Gasteiger partial charge in [-0.25, -0.2) is 9.97 Å². The molecule has 16 atom stereocenters. The van der Waals surface area contributed by atoms with Crippen molar-refractivity contribution in [2.75, 3.05) is 144 Å². The van der Waals surface area contributed by atoms with Gasteiger partial charge in [-0.15, -0.1) is 46.2 Å². The summed E-state index contributed by atoms with van der Waals surface area (Å²) in [6.07, 6.45) is 5.59. The van der Waals surface area contributed by atoms with Gasteiger partial charge in [-0.2, -0.15) is 0 Å². The van der Waals surface area contributed by atoms with Crippen molar-refractivity contribution in [2.45, 2.75) is 264 Å². The normalized spacial score (nSPS) is 18.2. The number of esters is 2. The van der Waals surface area contributed by atoms with Crippen LogP contribution < -0.4 is 26.6 Å². The number of carbonyl (C=O) groups excluding carboxylic acids is 12. The molecule has 4 unspecified atom stereocenters. The smallest absolute Gasteiger partial charge is 0.306 e. The predicted octanol–water partition coefficient (Wildman–Crippen LogP) is 11.1. The average Bonchev–Trinajstić information content (AvgIpc) is 1.79. The van der Waals surface area contributed by atoms with E-state index in [2.05, 4.69) is 46.4 Å². The number of thioether (sulfide) groups is 2. The van der Waals surface area contributed by atoms with E-state index >= 15 is 0 Å². The Morgan fingerprint density at radius 1 is 0.503 bits per heavy atom. The Bertz CT molecular complexity index is 4480. The van der Waals surface area contributed by atoms with Gasteiger partial charge in [0.1, 0.15) is 49.2 Å². The molecule has 0 radical (unpaired) electrons. The molecule has 41 heteroatoms. The Morgan fingerprint density at radius 2 is 0.895 bits per heavy atom. The van der Waals surface area contributed by atoms with Crippen molar-refractivity contribution in [3.05, 3.63) is 85.3 Å². The molecule has 2 aromatic carbocycles. The van der Waals surface area contributed by atoms with E-state index in [-0.39, 0.29) is 268 Å². The third-order valence-electron chi connectivity index (χ3n) is 26.7. The van der Waals surface area contributed by atoms with E-state index in [0.717, 1.165) is 74.3 Å². The maximum absolute atomic E-state index is 14.5. The number of ether oxygens (including phenoxy) is 8. The first-order chi connectivity index (χ1) is 68.1. The lowest BCUT2D eigenvalue weighted by Gasteiger charge is -2.37. The number of piperidine rings is 2. The van der Waals surface area contributed by atoms with Crippen molar-refractivity contribution in [2.24, 2.45) is 47.3 Å². The zero-order chi connectivity index (χ0) is 105. The molecule has 0 bridgehead atoms. The Hall–Kier alpha value is -9.14. The molecule has 0 saturated carbocycles. The van der Waals surface area contributed by atoms with E-state index in [1.165, 1.54) is 80.2 Å². The maximum atomic E-state index is 14.5. The lowest BCUT2D eigenvalue weighted by molar-refractivity contribution is -0.150. The lowest BCUT2D eigenvalue weighted by Crippen LogP contribution is -2.48. The van der Waals surface area contributed by atoms with Crippen LogP contribution in [0.25, 0.3) is 0 Å². The molecular formula is C102H155N11O26S4. The van der Waals surface area contributed by atoms with E-state index in [1.807, 2.05) is 69.5 Å². The van der Waals surface area contributed by atoms with Gasteiger partial charge in [-0.3, -0.25) is 76.9 Å². The third kappa shape index (κ3) is 40.6. The first-order valence-corrected chi connectivity index (χ1v) is 54.0. The average molecular weight is 2080 g/mol. The number of ketones is 3. The van der Waals surface area contributed by atoms with E-state index in [4.69, 9.17) is 37.9 Å². The number of aliphatic carboxylic acids is 2. The number of carbonyl (C=O) groups is 14. The first kappa shape index (κ1) is 121. The highest BCUT2D eigenvalue weighted by Gasteiger charge is 2.43. The molecule has 3 aliphatic heterocycles. The van der Waals surface area contributed by atoms with Gasteiger partial charge in [-0.05, 0) is 132 Å². The van der Waals surface area contributed by atoms with Crippen molar-refractivity contribution in [3.8, 4) is 11.5 Å². The molecular weight excluding hydrogens is 1920 g/mol. The van der Waals surface area contributed by atoms with Crippen LogP contribution in [0.3, 0.4) is 0 Å². The summed E-state index contributed by atoms with van der Waals surface area (Å²) in [5, 5.41) is 58.8. The van der Waals surface area contributed by atoms with Crippen LogP contribution in [0, 0.1) is 47.3 Å². The molecule has 7 amide bonds. The number of likely N-dealkylation sites (tertiary alicyclic amines) is 2. The van der Waals surface area contributed by atoms with E-state index in [1.54, 1.807) is 42.1 Å².